The minimum absolute atomic E-state index is 0. The number of carbonyl (C=O) groups excluding carboxylic acids is 2. The third-order valence-electron chi connectivity index (χ3n) is 4.12. The van der Waals surface area contributed by atoms with Gasteiger partial charge in [0, 0.05) is 11.6 Å². The van der Waals surface area contributed by atoms with Crippen molar-refractivity contribution in [2.75, 3.05) is 0 Å². The smallest absolute Gasteiger partial charge is 2.00 e. The van der Waals surface area contributed by atoms with E-state index in [4.69, 9.17) is 4.65 Å². The predicted molar refractivity (Wildman–Crippen MR) is 85.8 cm³/mol. The summed E-state index contributed by atoms with van der Waals surface area (Å²) in [5.74, 6) is -0.737. The molecule has 1 aliphatic rings. The molecule has 120 valence electrons. The van der Waals surface area contributed by atoms with Crippen molar-refractivity contribution < 1.29 is 33.7 Å². The Hall–Kier alpha value is -2.85. The van der Waals surface area contributed by atoms with Crippen LogP contribution in [0, 0.1) is 6.65 Å². The van der Waals surface area contributed by atoms with E-state index in [9.17, 15) is 9.59 Å². The molecule has 0 aliphatic carbocycles. The van der Waals surface area contributed by atoms with Crippen molar-refractivity contribution in [2.24, 2.45) is 0 Å². The second-order valence-corrected chi connectivity index (χ2v) is 5.29. The van der Waals surface area contributed by atoms with Crippen LogP contribution in [-0.2, 0) is 24.1 Å². The van der Waals surface area contributed by atoms with E-state index in [0.29, 0.717) is 32.9 Å². The molecule has 2 aromatic heterocycles. The van der Waals surface area contributed by atoms with Crippen LogP contribution in [0.5, 0.6) is 0 Å². The summed E-state index contributed by atoms with van der Waals surface area (Å²) in [5.41, 5.74) is 2.93. The van der Waals surface area contributed by atoms with Gasteiger partial charge in [0.2, 0.25) is 0 Å². The average molecular weight is 415 g/mol. The maximum atomic E-state index is 12.3. The summed E-state index contributed by atoms with van der Waals surface area (Å²) in [5, 5.41) is 4.63. The van der Waals surface area contributed by atoms with Gasteiger partial charge in [-0.1, -0.05) is 30.3 Å². The summed E-state index contributed by atoms with van der Waals surface area (Å²) in [4.78, 5) is 33.5. The standard InChI is InChI=1S/C17H9N3O2.CO.Ru/c21-16-12-9-5-3-7-18-14(9)15-11(13(12)17(22)20-16)8-4-1-2-6-10(8)19-15;1-2;/h1-7H,(H2,18,19,20,21,22);;/q;;+2/p-1. The van der Waals surface area contributed by atoms with Crippen molar-refractivity contribution >= 4 is 44.5 Å². The molecule has 0 saturated carbocycles. The number of nitrogens with zero attached hydrogens (tertiary/aromatic N) is 2. The fourth-order valence-electron chi connectivity index (χ4n) is 3.26. The first-order valence-electron chi connectivity index (χ1n) is 7.07. The molecular weight excluding hydrogens is 407 g/mol. The zero-order chi connectivity index (χ0) is 16.8. The van der Waals surface area contributed by atoms with Crippen molar-refractivity contribution in [3.05, 3.63) is 60.4 Å². The number of hydrogen-bond acceptors (Lipinski definition) is 3. The molecule has 0 spiro atoms. The predicted octanol–water partition coefficient (Wildman–Crippen LogP) is 2.34. The molecule has 0 bridgehead atoms. The van der Waals surface area contributed by atoms with Crippen LogP contribution in [0.15, 0.2) is 42.6 Å². The summed E-state index contributed by atoms with van der Waals surface area (Å²) in [7, 11) is 0. The van der Waals surface area contributed by atoms with E-state index in [0.717, 1.165) is 10.9 Å². The normalized spacial score (nSPS) is 12.4. The van der Waals surface area contributed by atoms with Gasteiger partial charge in [-0.3, -0.25) is 19.9 Å². The van der Waals surface area contributed by atoms with Gasteiger partial charge < -0.3 is 4.98 Å². The van der Waals surface area contributed by atoms with E-state index < -0.39 is 0 Å². The van der Waals surface area contributed by atoms with Crippen molar-refractivity contribution in [2.45, 2.75) is 0 Å². The Kier molecular flexibility index (Phi) is 4.23. The van der Waals surface area contributed by atoms with E-state index >= 15 is 0 Å². The van der Waals surface area contributed by atoms with Gasteiger partial charge in [-0.2, -0.15) is 0 Å². The molecule has 3 heterocycles. The Labute approximate surface area is 154 Å². The molecule has 4 aromatic rings. The van der Waals surface area contributed by atoms with Crippen LogP contribution in [0.2, 0.25) is 0 Å². The van der Waals surface area contributed by atoms with Gasteiger partial charge >= 0.3 is 30.8 Å². The third-order valence-corrected chi connectivity index (χ3v) is 4.12. The first-order chi connectivity index (χ1) is 11.8. The summed E-state index contributed by atoms with van der Waals surface area (Å²) >= 11 is 0. The van der Waals surface area contributed by atoms with Crippen LogP contribution in [-0.4, -0.2) is 16.8 Å². The molecule has 0 saturated heterocycles. The van der Waals surface area contributed by atoms with Crippen LogP contribution in [0.1, 0.15) is 20.7 Å². The topological polar surface area (TPSA) is 93.1 Å². The van der Waals surface area contributed by atoms with Crippen molar-refractivity contribution in [1.82, 2.24) is 15.3 Å². The maximum Gasteiger partial charge on any atom is 2.00 e. The van der Waals surface area contributed by atoms with Crippen LogP contribution >= 0.6 is 0 Å². The van der Waals surface area contributed by atoms with E-state index in [1.54, 1.807) is 18.3 Å². The van der Waals surface area contributed by atoms with Gasteiger partial charge in [0.15, 0.2) is 0 Å². The zero-order valence-corrected chi connectivity index (χ0v) is 14.3. The van der Waals surface area contributed by atoms with Gasteiger partial charge in [-0.15, -0.1) is 11.0 Å². The molecule has 0 radical (unpaired) electrons. The van der Waals surface area contributed by atoms with Gasteiger partial charge in [0.1, 0.15) is 0 Å². The van der Waals surface area contributed by atoms with E-state index in [1.807, 2.05) is 24.3 Å². The molecule has 2 amide bonds. The number of imide groups is 1. The van der Waals surface area contributed by atoms with Crippen LogP contribution in [0.25, 0.3) is 32.7 Å². The number of aromatic nitrogens is 2. The van der Waals surface area contributed by atoms with Gasteiger partial charge in [0.05, 0.1) is 16.6 Å². The van der Waals surface area contributed by atoms with Crippen LogP contribution in [0.4, 0.5) is 0 Å². The van der Waals surface area contributed by atoms with Crippen molar-refractivity contribution in [3.63, 3.8) is 0 Å². The Morgan fingerprint density at radius 3 is 2.44 bits per heavy atom. The number of para-hydroxylation sites is 1. The van der Waals surface area contributed by atoms with Crippen molar-refractivity contribution in [3.8, 4) is 0 Å². The molecule has 25 heavy (non-hydrogen) atoms. The fraction of sp³-hybridized carbons (Fsp3) is 0. The quantitative estimate of drug-likeness (QED) is 0.207. The molecule has 1 aliphatic heterocycles. The van der Waals surface area contributed by atoms with Crippen LogP contribution < -0.4 is 10.3 Å². The number of pyridine rings is 1. The van der Waals surface area contributed by atoms with Gasteiger partial charge in [-0.05, 0) is 16.8 Å². The van der Waals surface area contributed by atoms with E-state index in [1.165, 1.54) is 0 Å². The number of hydrogen-bond donors (Lipinski definition) is 1. The summed E-state index contributed by atoms with van der Waals surface area (Å²) in [6.07, 6.45) is 1.67. The zero-order valence-electron chi connectivity index (χ0n) is 12.5. The van der Waals surface area contributed by atoms with E-state index in [2.05, 4.69) is 21.9 Å². The number of fused-ring (bicyclic) bond motifs is 8. The average Bonchev–Trinajstić information content (AvgIpc) is 3.14. The third kappa shape index (κ3) is 2.22. The summed E-state index contributed by atoms with van der Waals surface area (Å²) in [6.45, 7) is 4.50. The Morgan fingerprint density at radius 1 is 0.960 bits per heavy atom. The molecule has 0 unspecified atom stereocenters. The summed E-state index contributed by atoms with van der Waals surface area (Å²) < 4.78 is 7.50. The van der Waals surface area contributed by atoms with E-state index in [-0.39, 0.29) is 31.3 Å². The molecular formula is C18H8N3O3Ru+. The summed E-state index contributed by atoms with van der Waals surface area (Å²) in [6, 6.07) is 11.2. The number of benzene rings is 2. The molecule has 0 atom stereocenters. The number of rotatable bonds is 0. The molecule has 7 heteroatoms. The molecule has 5 rings (SSSR count). The van der Waals surface area contributed by atoms with Gasteiger partial charge in [-0.25, -0.2) is 0 Å². The Bertz CT molecular complexity index is 1190. The second-order valence-electron chi connectivity index (χ2n) is 5.29. The molecule has 6 nitrogen and oxygen atoms in total. The van der Waals surface area contributed by atoms with Crippen LogP contribution in [0.3, 0.4) is 0 Å². The minimum Gasteiger partial charge on any atom is 2.00 e. The Morgan fingerprint density at radius 2 is 1.64 bits per heavy atom. The SMILES string of the molecule is O=C1NC(=O)c2c1c1cccnc1c1[n-]c3ccccc3c21.[C-]#[O+].[Ru+2]. The minimum atomic E-state index is -0.370. The molecule has 0 fully saturated rings. The van der Waals surface area contributed by atoms with Gasteiger partial charge in [0.25, 0.3) is 11.8 Å². The second kappa shape index (κ2) is 6.22. The largest absolute Gasteiger partial charge is 2.00 e. The maximum absolute atomic E-state index is 12.3. The number of nitrogens with one attached hydrogen (secondary N) is 1. The number of amides is 2. The molecule has 2 aromatic carbocycles. The first kappa shape index (κ1) is 17.0. The number of carbonyl (C=O) groups is 2. The fourth-order valence-corrected chi connectivity index (χ4v) is 3.26. The van der Waals surface area contributed by atoms with Crippen molar-refractivity contribution in [1.29, 1.82) is 0 Å². The monoisotopic (exact) mass is 416 g/mol. The molecule has 1 N–H and O–H groups in total. The Balaban J connectivity index is 0.000000588. The first-order valence-corrected chi connectivity index (χ1v) is 7.07.